The molecule has 0 atom stereocenters. The fraction of sp³-hybridized carbons (Fsp3) is 0.889. The molecule has 0 aliphatic rings. The summed E-state index contributed by atoms with van der Waals surface area (Å²) in [6.07, 6.45) is 1.99. The third-order valence-electron chi connectivity index (χ3n) is 2.41. The second-order valence-corrected chi connectivity index (χ2v) is 6.64. The summed E-state index contributed by atoms with van der Waals surface area (Å²) in [6.45, 7) is 21.1. The second kappa shape index (κ2) is 16.3. The molecular formula is C18H40CoN4. The maximum absolute atomic E-state index is 4.44. The van der Waals surface area contributed by atoms with E-state index in [1.165, 1.54) is 0 Å². The van der Waals surface area contributed by atoms with Crippen molar-refractivity contribution in [3.05, 3.63) is 0 Å². The van der Waals surface area contributed by atoms with Crippen molar-refractivity contribution < 1.29 is 16.8 Å². The van der Waals surface area contributed by atoms with Crippen molar-refractivity contribution in [1.29, 1.82) is 0 Å². The number of rotatable bonds is 6. The molecule has 0 unspecified atom stereocenters. The van der Waals surface area contributed by atoms with Crippen LogP contribution in [0.3, 0.4) is 0 Å². The van der Waals surface area contributed by atoms with Gasteiger partial charge < -0.3 is 10.6 Å². The number of hydrogen-bond acceptors (Lipinski definition) is 2. The Kier molecular flexibility index (Phi) is 19.4. The van der Waals surface area contributed by atoms with Crippen LogP contribution in [0.5, 0.6) is 0 Å². The summed E-state index contributed by atoms with van der Waals surface area (Å²) in [6, 6.07) is 1.78. The number of nitrogens with one attached hydrogen (secondary N) is 2. The summed E-state index contributed by atoms with van der Waals surface area (Å²) in [4.78, 5) is 8.88. The molecule has 0 amide bonds. The Labute approximate surface area is 155 Å². The van der Waals surface area contributed by atoms with Crippen molar-refractivity contribution in [3.8, 4) is 0 Å². The molecule has 23 heavy (non-hydrogen) atoms. The molecule has 2 N–H and O–H groups in total. The molecule has 0 heterocycles. The molecule has 4 nitrogen and oxygen atoms in total. The molecule has 5 heteroatoms. The fourth-order valence-corrected chi connectivity index (χ4v) is 1.75. The van der Waals surface area contributed by atoms with Crippen LogP contribution in [0, 0.1) is 0 Å². The zero-order valence-corrected chi connectivity index (χ0v) is 18.0. The molecule has 0 aliphatic carbocycles. The average molecular weight is 371 g/mol. The standard InChI is InChI=1S/2C9H20N2.Co/c2*1-6-9(10-7(2)3)11-8(4)5;/h2*7-8H,6H2,1-5H3,(H,10,11);. The number of hydrogen-bond donors (Lipinski definition) is 2. The van der Waals surface area contributed by atoms with E-state index in [-0.39, 0.29) is 16.8 Å². The fourth-order valence-electron chi connectivity index (χ4n) is 1.75. The summed E-state index contributed by atoms with van der Waals surface area (Å²) in [5.74, 6) is 2.24. The van der Waals surface area contributed by atoms with E-state index < -0.39 is 0 Å². The Bertz CT molecular complexity index is 289. The van der Waals surface area contributed by atoms with E-state index in [4.69, 9.17) is 0 Å². The van der Waals surface area contributed by atoms with E-state index in [0.717, 1.165) is 24.5 Å². The summed E-state index contributed by atoms with van der Waals surface area (Å²) in [5, 5.41) is 6.62. The van der Waals surface area contributed by atoms with Crippen LogP contribution in [-0.2, 0) is 16.8 Å². The molecule has 0 aromatic rings. The van der Waals surface area contributed by atoms with Crippen LogP contribution >= 0.6 is 0 Å². The van der Waals surface area contributed by atoms with Gasteiger partial charge in [-0.05, 0) is 55.4 Å². The Balaban J connectivity index is -0.000000333. The van der Waals surface area contributed by atoms with Gasteiger partial charge in [0.25, 0.3) is 0 Å². The minimum absolute atomic E-state index is 0. The predicted molar refractivity (Wildman–Crippen MR) is 102 cm³/mol. The predicted octanol–water partition coefficient (Wildman–Crippen LogP) is 4.40. The molecule has 0 fully saturated rings. The average Bonchev–Trinajstić information content (AvgIpc) is 2.35. The van der Waals surface area contributed by atoms with Crippen LogP contribution in [0.25, 0.3) is 0 Å². The van der Waals surface area contributed by atoms with Gasteiger partial charge in [-0.15, -0.1) is 0 Å². The van der Waals surface area contributed by atoms with Crippen LogP contribution < -0.4 is 10.6 Å². The molecule has 0 aromatic carbocycles. The van der Waals surface area contributed by atoms with Crippen LogP contribution in [0.4, 0.5) is 0 Å². The smallest absolute Gasteiger partial charge is 0.0965 e. The van der Waals surface area contributed by atoms with Crippen LogP contribution in [0.15, 0.2) is 9.98 Å². The first-order valence-corrected chi connectivity index (χ1v) is 8.78. The molecule has 0 aliphatic heterocycles. The molecule has 0 saturated heterocycles. The van der Waals surface area contributed by atoms with Crippen molar-refractivity contribution >= 4 is 11.7 Å². The van der Waals surface area contributed by atoms with Gasteiger partial charge in [-0.25, -0.2) is 0 Å². The first-order chi connectivity index (χ1) is 10.1. The van der Waals surface area contributed by atoms with Crippen molar-refractivity contribution in [2.24, 2.45) is 9.98 Å². The molecule has 0 rings (SSSR count). The van der Waals surface area contributed by atoms with E-state index in [2.05, 4.69) is 89.9 Å². The van der Waals surface area contributed by atoms with E-state index in [1.54, 1.807) is 0 Å². The van der Waals surface area contributed by atoms with Gasteiger partial charge in [-0.3, -0.25) is 9.98 Å². The van der Waals surface area contributed by atoms with Gasteiger partial charge >= 0.3 is 0 Å². The largest absolute Gasteiger partial charge is 0.372 e. The van der Waals surface area contributed by atoms with Crippen molar-refractivity contribution in [3.63, 3.8) is 0 Å². The zero-order chi connectivity index (χ0) is 17.7. The van der Waals surface area contributed by atoms with Crippen LogP contribution in [0.2, 0.25) is 0 Å². The Hall–Kier alpha value is -0.554. The molecule has 1 radical (unpaired) electrons. The molecule has 0 bridgehead atoms. The molecule has 0 spiro atoms. The van der Waals surface area contributed by atoms with Crippen molar-refractivity contribution in [1.82, 2.24) is 10.6 Å². The molecule has 0 saturated carbocycles. The van der Waals surface area contributed by atoms with Gasteiger partial charge in [0.05, 0.1) is 11.7 Å². The monoisotopic (exact) mass is 371 g/mol. The Morgan fingerprint density at radius 3 is 1.04 bits per heavy atom. The van der Waals surface area contributed by atoms with Crippen molar-refractivity contribution in [2.75, 3.05) is 0 Å². The van der Waals surface area contributed by atoms with Gasteiger partial charge in [-0.1, -0.05) is 13.8 Å². The van der Waals surface area contributed by atoms with Gasteiger partial charge in [0.2, 0.25) is 0 Å². The molecule has 141 valence electrons. The maximum Gasteiger partial charge on any atom is 0.0965 e. The van der Waals surface area contributed by atoms with Gasteiger partial charge in [0.1, 0.15) is 0 Å². The zero-order valence-electron chi connectivity index (χ0n) is 17.0. The quantitative estimate of drug-likeness (QED) is 0.537. The van der Waals surface area contributed by atoms with Gasteiger partial charge in [0, 0.05) is 53.8 Å². The summed E-state index contributed by atoms with van der Waals surface area (Å²) in [5.41, 5.74) is 0. The Morgan fingerprint density at radius 1 is 0.652 bits per heavy atom. The normalized spacial score (nSPS) is 12.3. The first-order valence-electron chi connectivity index (χ1n) is 8.78. The minimum Gasteiger partial charge on any atom is -0.372 e. The number of aliphatic imine (C=N–C) groups is 2. The maximum atomic E-state index is 4.44. The van der Waals surface area contributed by atoms with Crippen LogP contribution in [-0.4, -0.2) is 35.8 Å². The summed E-state index contributed by atoms with van der Waals surface area (Å²) in [7, 11) is 0. The second-order valence-electron chi connectivity index (χ2n) is 6.64. The summed E-state index contributed by atoms with van der Waals surface area (Å²) >= 11 is 0. The SMILES string of the molecule is CCC(=NC(C)C)NC(C)C.CCC(=NC(C)C)NC(C)C.[Co]. The first kappa shape index (κ1) is 27.3. The minimum atomic E-state index is 0. The third-order valence-corrected chi connectivity index (χ3v) is 2.41. The Morgan fingerprint density at radius 2 is 0.913 bits per heavy atom. The van der Waals surface area contributed by atoms with E-state index in [9.17, 15) is 0 Å². The van der Waals surface area contributed by atoms with E-state index in [1.807, 2.05) is 0 Å². The van der Waals surface area contributed by atoms with Gasteiger partial charge in [-0.2, -0.15) is 0 Å². The van der Waals surface area contributed by atoms with E-state index in [0.29, 0.717) is 24.2 Å². The number of nitrogens with zero attached hydrogens (tertiary/aromatic N) is 2. The molecular weight excluding hydrogens is 331 g/mol. The topological polar surface area (TPSA) is 48.8 Å². The molecule has 0 aromatic heterocycles. The van der Waals surface area contributed by atoms with Gasteiger partial charge in [0.15, 0.2) is 0 Å². The van der Waals surface area contributed by atoms with Crippen LogP contribution in [0.1, 0.15) is 82.1 Å². The van der Waals surface area contributed by atoms with Crippen molar-refractivity contribution in [2.45, 2.75) is 106 Å². The number of amidine groups is 2. The summed E-state index contributed by atoms with van der Waals surface area (Å²) < 4.78 is 0. The van der Waals surface area contributed by atoms with E-state index >= 15 is 0 Å². The third kappa shape index (κ3) is 21.4.